The Morgan fingerprint density at radius 1 is 1.67 bits per heavy atom. The molecule has 0 aliphatic carbocycles. The molecule has 0 saturated carbocycles. The molecule has 0 aliphatic rings. The van der Waals surface area contributed by atoms with Crippen LogP contribution >= 0.6 is 12.2 Å². The molecule has 3 heteroatoms. The summed E-state index contributed by atoms with van der Waals surface area (Å²) in [6.45, 7) is 7.03. The fourth-order valence-corrected chi connectivity index (χ4v) is 0.854. The Hall–Kier alpha value is -0.310. The van der Waals surface area contributed by atoms with Crippen molar-refractivity contribution in [3.05, 3.63) is 0 Å². The van der Waals surface area contributed by atoms with Gasteiger partial charge in [-0.3, -0.25) is 0 Å². The van der Waals surface area contributed by atoms with Crippen LogP contribution < -0.4 is 10.6 Å². The van der Waals surface area contributed by atoms with Gasteiger partial charge < -0.3 is 10.6 Å². The van der Waals surface area contributed by atoms with Crippen molar-refractivity contribution in [3.63, 3.8) is 0 Å². The summed E-state index contributed by atoms with van der Waals surface area (Å²) >= 11 is 4.91. The molecule has 0 aliphatic heterocycles. The van der Waals surface area contributed by atoms with Crippen LogP contribution in [0.2, 0.25) is 0 Å². The van der Waals surface area contributed by atoms with Crippen molar-refractivity contribution in [1.29, 1.82) is 0 Å². The first-order valence-electron chi connectivity index (χ1n) is 3.21. The molecule has 2 nitrogen and oxygen atoms in total. The van der Waals surface area contributed by atoms with Gasteiger partial charge in [-0.15, -0.1) is 0 Å². The van der Waals surface area contributed by atoms with Crippen LogP contribution in [-0.4, -0.2) is 17.7 Å². The molecule has 0 amide bonds. The van der Waals surface area contributed by atoms with Crippen LogP contribution in [0.3, 0.4) is 0 Å². The fourth-order valence-electron chi connectivity index (χ4n) is 0.474. The van der Waals surface area contributed by atoms with Crippen LogP contribution in [-0.2, 0) is 0 Å². The molecule has 0 aromatic carbocycles. The Morgan fingerprint density at radius 2 is 2.22 bits per heavy atom. The molecule has 9 heavy (non-hydrogen) atoms. The topological polar surface area (TPSA) is 24.1 Å². The molecule has 0 aromatic heterocycles. The Morgan fingerprint density at radius 3 is 2.56 bits per heavy atom. The summed E-state index contributed by atoms with van der Waals surface area (Å²) in [6, 6.07) is 0.427. The average molecular weight is 150 g/mol. The van der Waals surface area contributed by atoms with Crippen molar-refractivity contribution in [2.24, 2.45) is 0 Å². The normalized spacial score (nSPS) is 9.33. The SMILES string of the molecule is CCNC(=S)NC(C)C.[HH].[HH]. The van der Waals surface area contributed by atoms with Crippen LogP contribution in [0.4, 0.5) is 0 Å². The minimum Gasteiger partial charge on any atom is -0.363 e. The van der Waals surface area contributed by atoms with Crippen molar-refractivity contribution in [1.82, 2.24) is 10.6 Å². The zero-order valence-electron chi connectivity index (χ0n) is 6.19. The third kappa shape index (κ3) is 5.56. The van der Waals surface area contributed by atoms with E-state index >= 15 is 0 Å². The lowest BCUT2D eigenvalue weighted by atomic mass is 10.4. The van der Waals surface area contributed by atoms with Crippen molar-refractivity contribution in [3.8, 4) is 0 Å². The second-order valence-corrected chi connectivity index (χ2v) is 2.57. The Balaban J connectivity index is -0.000000320. The van der Waals surface area contributed by atoms with E-state index in [0.29, 0.717) is 6.04 Å². The predicted molar refractivity (Wildman–Crippen MR) is 48.8 cm³/mol. The second-order valence-electron chi connectivity index (χ2n) is 2.16. The minimum atomic E-state index is 0. The Kier molecular flexibility index (Phi) is 4.40. The monoisotopic (exact) mass is 150 g/mol. The van der Waals surface area contributed by atoms with E-state index in [0.717, 1.165) is 11.7 Å². The van der Waals surface area contributed by atoms with Crippen molar-refractivity contribution >= 4 is 17.3 Å². The van der Waals surface area contributed by atoms with Crippen LogP contribution in [0.25, 0.3) is 0 Å². The molecule has 0 unspecified atom stereocenters. The number of hydrogen-bond acceptors (Lipinski definition) is 1. The van der Waals surface area contributed by atoms with Crippen LogP contribution in [0.1, 0.15) is 23.6 Å². The number of nitrogens with one attached hydrogen (secondary N) is 2. The predicted octanol–water partition coefficient (Wildman–Crippen LogP) is 1.37. The highest BCUT2D eigenvalue weighted by molar-refractivity contribution is 7.80. The third-order valence-electron chi connectivity index (χ3n) is 0.757. The van der Waals surface area contributed by atoms with E-state index in [4.69, 9.17) is 12.2 Å². The Labute approximate surface area is 65.0 Å². The van der Waals surface area contributed by atoms with E-state index in [1.807, 2.05) is 6.92 Å². The van der Waals surface area contributed by atoms with Crippen molar-refractivity contribution in [2.45, 2.75) is 26.8 Å². The summed E-state index contributed by atoms with van der Waals surface area (Å²) < 4.78 is 0. The molecule has 0 spiro atoms. The molecule has 0 radical (unpaired) electrons. The summed E-state index contributed by atoms with van der Waals surface area (Å²) in [5.41, 5.74) is 0. The maximum atomic E-state index is 4.91. The van der Waals surface area contributed by atoms with Gasteiger partial charge in [0.25, 0.3) is 0 Å². The molecular formula is C6H18N2S. The summed E-state index contributed by atoms with van der Waals surface area (Å²) in [7, 11) is 0. The fraction of sp³-hybridized carbons (Fsp3) is 0.833. The smallest absolute Gasteiger partial charge is 0.166 e. The van der Waals surface area contributed by atoms with Crippen molar-refractivity contribution < 1.29 is 2.85 Å². The maximum Gasteiger partial charge on any atom is 0.166 e. The zero-order chi connectivity index (χ0) is 7.28. The molecule has 0 saturated heterocycles. The van der Waals surface area contributed by atoms with Gasteiger partial charge in [0, 0.05) is 15.4 Å². The van der Waals surface area contributed by atoms with Crippen molar-refractivity contribution in [2.75, 3.05) is 6.54 Å². The first-order valence-corrected chi connectivity index (χ1v) is 3.62. The van der Waals surface area contributed by atoms with Gasteiger partial charge >= 0.3 is 0 Å². The second kappa shape index (κ2) is 4.56. The first-order chi connectivity index (χ1) is 4.16. The maximum absolute atomic E-state index is 4.91. The minimum absolute atomic E-state index is 0. The highest BCUT2D eigenvalue weighted by atomic mass is 32.1. The standard InChI is InChI=1S/C6H14N2S.2H2/c1-4-7-6(9)8-5(2)3;;/h5H,4H2,1-3H3,(H2,7,8,9);2*1H. The van der Waals surface area contributed by atoms with Gasteiger partial charge in [-0.25, -0.2) is 0 Å². The van der Waals surface area contributed by atoms with Gasteiger partial charge in [0.05, 0.1) is 0 Å². The summed E-state index contributed by atoms with van der Waals surface area (Å²) in [4.78, 5) is 0. The van der Waals surface area contributed by atoms with Gasteiger partial charge in [0.15, 0.2) is 5.11 Å². The average Bonchev–Trinajstić information content (AvgIpc) is 1.63. The molecule has 58 valence electrons. The lowest BCUT2D eigenvalue weighted by molar-refractivity contribution is 0.717. The van der Waals surface area contributed by atoms with Gasteiger partial charge in [-0.1, -0.05) is 0 Å². The van der Waals surface area contributed by atoms with Gasteiger partial charge in [-0.2, -0.15) is 0 Å². The zero-order valence-corrected chi connectivity index (χ0v) is 7.01. The Bertz CT molecular complexity index is 98.6. The third-order valence-corrected chi connectivity index (χ3v) is 1.02. The largest absolute Gasteiger partial charge is 0.363 e. The van der Waals surface area contributed by atoms with E-state index in [1.165, 1.54) is 0 Å². The van der Waals surface area contributed by atoms with E-state index < -0.39 is 0 Å². The molecule has 0 aromatic rings. The van der Waals surface area contributed by atoms with E-state index in [2.05, 4.69) is 24.5 Å². The molecular weight excluding hydrogens is 132 g/mol. The van der Waals surface area contributed by atoms with Crippen LogP contribution in [0.15, 0.2) is 0 Å². The lowest BCUT2D eigenvalue weighted by Crippen LogP contribution is -2.38. The molecule has 0 rings (SSSR count). The molecule has 0 atom stereocenters. The van der Waals surface area contributed by atoms with E-state index in [9.17, 15) is 0 Å². The van der Waals surface area contributed by atoms with E-state index in [1.54, 1.807) is 0 Å². The lowest BCUT2D eigenvalue weighted by Gasteiger charge is -2.10. The summed E-state index contributed by atoms with van der Waals surface area (Å²) in [5, 5.41) is 6.80. The van der Waals surface area contributed by atoms with Gasteiger partial charge in [0.2, 0.25) is 0 Å². The highest BCUT2D eigenvalue weighted by Gasteiger charge is 1.93. The first kappa shape index (κ1) is 8.69. The molecule has 0 fully saturated rings. The molecule has 0 heterocycles. The number of thiocarbonyl (C=S) groups is 1. The summed E-state index contributed by atoms with van der Waals surface area (Å²) in [6.07, 6.45) is 0. The number of hydrogen-bond donors (Lipinski definition) is 2. The number of rotatable bonds is 2. The van der Waals surface area contributed by atoms with E-state index in [-0.39, 0.29) is 2.85 Å². The van der Waals surface area contributed by atoms with Crippen LogP contribution in [0.5, 0.6) is 0 Å². The quantitative estimate of drug-likeness (QED) is 0.581. The van der Waals surface area contributed by atoms with Crippen LogP contribution in [0, 0.1) is 0 Å². The molecule has 0 bridgehead atoms. The molecule has 2 N–H and O–H groups in total. The van der Waals surface area contributed by atoms with Gasteiger partial charge in [-0.05, 0) is 33.0 Å². The highest BCUT2D eigenvalue weighted by Crippen LogP contribution is 1.75. The van der Waals surface area contributed by atoms with Gasteiger partial charge in [0.1, 0.15) is 0 Å². The summed E-state index contributed by atoms with van der Waals surface area (Å²) in [5.74, 6) is 0.